The minimum absolute atomic E-state index is 0.0452. The fourth-order valence-corrected chi connectivity index (χ4v) is 5.87. The van der Waals surface area contributed by atoms with Gasteiger partial charge < -0.3 is 0 Å². The van der Waals surface area contributed by atoms with Crippen LogP contribution in [0.4, 0.5) is 0 Å². The van der Waals surface area contributed by atoms with Crippen LogP contribution >= 0.6 is 0 Å². The van der Waals surface area contributed by atoms with Crippen molar-refractivity contribution in [1.29, 1.82) is 0 Å². The molecule has 0 N–H and O–H groups in total. The number of fused-ring (bicyclic) bond motifs is 2. The number of hydrogen-bond donors (Lipinski definition) is 0. The van der Waals surface area contributed by atoms with E-state index < -0.39 is 10.0 Å². The van der Waals surface area contributed by atoms with Crippen LogP contribution in [0.2, 0.25) is 0 Å². The Morgan fingerprint density at radius 3 is 2.67 bits per heavy atom. The molecule has 3 aliphatic heterocycles. The topological polar surface area (TPSA) is 88.4 Å². The first-order valence-electron chi connectivity index (χ1n) is 10.5. The van der Waals surface area contributed by atoms with Gasteiger partial charge in [0.25, 0.3) is 5.56 Å². The third-order valence-electron chi connectivity index (χ3n) is 6.88. The molecule has 0 unspecified atom stereocenters. The maximum atomic E-state index is 13.2. The standard InChI is InChI=1S/C21H27N5O3S/c1-30(28,29)25-9-5-18-17(14-25)20(27)26-15-21(12-19(26)23-18)6-10-24(11-7-21)13-16-4-2-3-8-22-16/h2-4,8H,5-7,9-15H2,1H3. The zero-order valence-electron chi connectivity index (χ0n) is 17.2. The molecule has 30 heavy (non-hydrogen) atoms. The molecule has 9 heteroatoms. The summed E-state index contributed by atoms with van der Waals surface area (Å²) in [5.41, 5.74) is 2.47. The van der Waals surface area contributed by atoms with Crippen molar-refractivity contribution < 1.29 is 8.42 Å². The second kappa shape index (κ2) is 7.25. The van der Waals surface area contributed by atoms with Crippen LogP contribution in [0.1, 0.15) is 35.6 Å². The first kappa shape index (κ1) is 19.8. The number of pyridine rings is 1. The molecule has 5 rings (SSSR count). The molecule has 2 aromatic rings. The molecule has 1 spiro atoms. The van der Waals surface area contributed by atoms with E-state index in [2.05, 4.69) is 16.0 Å². The molecule has 0 amide bonds. The quantitative estimate of drug-likeness (QED) is 0.717. The molecule has 8 nitrogen and oxygen atoms in total. The van der Waals surface area contributed by atoms with Crippen LogP contribution in [-0.2, 0) is 42.5 Å². The maximum Gasteiger partial charge on any atom is 0.258 e. The summed E-state index contributed by atoms with van der Waals surface area (Å²) in [4.78, 5) is 24.9. The lowest BCUT2D eigenvalue weighted by atomic mass is 9.77. The summed E-state index contributed by atoms with van der Waals surface area (Å²) in [5, 5.41) is 0. The minimum atomic E-state index is -3.31. The molecule has 0 saturated carbocycles. The van der Waals surface area contributed by atoms with Gasteiger partial charge in [-0.2, -0.15) is 4.31 Å². The van der Waals surface area contributed by atoms with E-state index in [1.165, 1.54) is 10.6 Å². The van der Waals surface area contributed by atoms with Crippen molar-refractivity contribution in [2.75, 3.05) is 25.9 Å². The molecule has 0 atom stereocenters. The fourth-order valence-electron chi connectivity index (χ4n) is 5.09. The Bertz CT molecular complexity index is 1120. The Morgan fingerprint density at radius 1 is 1.17 bits per heavy atom. The van der Waals surface area contributed by atoms with Crippen molar-refractivity contribution in [2.45, 2.75) is 45.3 Å². The Balaban J connectivity index is 1.32. The van der Waals surface area contributed by atoms with Crippen LogP contribution in [0.5, 0.6) is 0 Å². The molecule has 3 aliphatic rings. The lowest BCUT2D eigenvalue weighted by Gasteiger charge is -2.38. The van der Waals surface area contributed by atoms with E-state index in [9.17, 15) is 13.2 Å². The molecule has 0 aromatic carbocycles. The number of nitrogens with zero attached hydrogens (tertiary/aromatic N) is 5. The molecular formula is C21H27N5O3S. The van der Waals surface area contributed by atoms with E-state index in [4.69, 9.17) is 4.98 Å². The van der Waals surface area contributed by atoms with Crippen molar-refractivity contribution >= 4 is 10.0 Å². The van der Waals surface area contributed by atoms with Crippen molar-refractivity contribution in [2.24, 2.45) is 5.41 Å². The van der Waals surface area contributed by atoms with Crippen molar-refractivity contribution in [3.05, 3.63) is 57.5 Å². The number of rotatable bonds is 3. The zero-order valence-corrected chi connectivity index (χ0v) is 18.1. The average molecular weight is 430 g/mol. The summed E-state index contributed by atoms with van der Waals surface area (Å²) in [5.74, 6) is 0.879. The van der Waals surface area contributed by atoms with E-state index in [-0.39, 0.29) is 17.5 Å². The highest BCUT2D eigenvalue weighted by Crippen LogP contribution is 2.41. The van der Waals surface area contributed by atoms with Gasteiger partial charge in [-0.25, -0.2) is 13.4 Å². The first-order valence-corrected chi connectivity index (χ1v) is 12.4. The van der Waals surface area contributed by atoms with Crippen LogP contribution in [-0.4, -0.2) is 58.0 Å². The van der Waals surface area contributed by atoms with Gasteiger partial charge in [-0.3, -0.25) is 19.2 Å². The number of aromatic nitrogens is 3. The largest absolute Gasteiger partial charge is 0.297 e. The van der Waals surface area contributed by atoms with E-state index in [1.807, 2.05) is 22.9 Å². The third kappa shape index (κ3) is 3.59. The lowest BCUT2D eigenvalue weighted by Crippen LogP contribution is -2.42. The monoisotopic (exact) mass is 429 g/mol. The predicted molar refractivity (Wildman–Crippen MR) is 112 cm³/mol. The zero-order chi connectivity index (χ0) is 20.9. The molecule has 160 valence electrons. The predicted octanol–water partition coefficient (Wildman–Crippen LogP) is 0.795. The summed E-state index contributed by atoms with van der Waals surface area (Å²) < 4.78 is 27.1. The summed E-state index contributed by atoms with van der Waals surface area (Å²) in [6.07, 6.45) is 6.44. The number of sulfonamides is 1. The van der Waals surface area contributed by atoms with E-state index >= 15 is 0 Å². The van der Waals surface area contributed by atoms with Crippen molar-refractivity contribution in [1.82, 2.24) is 23.7 Å². The molecule has 1 fully saturated rings. The third-order valence-corrected chi connectivity index (χ3v) is 8.13. The minimum Gasteiger partial charge on any atom is -0.297 e. The van der Waals surface area contributed by atoms with Crippen molar-refractivity contribution in [3.63, 3.8) is 0 Å². The van der Waals surface area contributed by atoms with Crippen LogP contribution in [0.15, 0.2) is 29.2 Å². The second-order valence-electron chi connectivity index (χ2n) is 8.97. The Hall–Kier alpha value is -2.10. The van der Waals surface area contributed by atoms with Gasteiger partial charge in [0.15, 0.2) is 0 Å². The van der Waals surface area contributed by atoms with Crippen molar-refractivity contribution in [3.8, 4) is 0 Å². The SMILES string of the molecule is CS(=O)(=O)N1CCc2nc3n(c(=O)c2C1)CC1(CCN(Cc2ccccn2)CC1)C3. The van der Waals surface area contributed by atoms with Crippen LogP contribution < -0.4 is 5.56 Å². The first-order chi connectivity index (χ1) is 14.3. The summed E-state index contributed by atoms with van der Waals surface area (Å²) >= 11 is 0. The molecule has 2 aromatic heterocycles. The van der Waals surface area contributed by atoms with Gasteiger partial charge in [0, 0.05) is 45.2 Å². The molecule has 0 aliphatic carbocycles. The Labute approximate surface area is 176 Å². The normalized spacial score (nSPS) is 21.5. The van der Waals surface area contributed by atoms with Crippen LogP contribution in [0, 0.1) is 5.41 Å². The Morgan fingerprint density at radius 2 is 1.97 bits per heavy atom. The fraction of sp³-hybridized carbons (Fsp3) is 0.571. The van der Waals surface area contributed by atoms with Gasteiger partial charge in [-0.05, 0) is 43.5 Å². The summed E-state index contributed by atoms with van der Waals surface area (Å²) in [7, 11) is -3.31. The van der Waals surface area contributed by atoms with Crippen LogP contribution in [0.3, 0.4) is 0 Å². The molecule has 5 heterocycles. The number of likely N-dealkylation sites (tertiary alicyclic amines) is 1. The van der Waals surface area contributed by atoms with Gasteiger partial charge in [0.2, 0.25) is 10.0 Å². The smallest absolute Gasteiger partial charge is 0.258 e. The van der Waals surface area contributed by atoms with E-state index in [1.54, 1.807) is 0 Å². The highest BCUT2D eigenvalue weighted by Gasteiger charge is 2.42. The summed E-state index contributed by atoms with van der Waals surface area (Å²) in [6.45, 7) is 4.07. The molecule has 0 bridgehead atoms. The molecule has 1 saturated heterocycles. The highest BCUT2D eigenvalue weighted by atomic mass is 32.2. The highest BCUT2D eigenvalue weighted by molar-refractivity contribution is 7.88. The summed E-state index contributed by atoms with van der Waals surface area (Å²) in [6, 6.07) is 6.01. The van der Waals surface area contributed by atoms with Gasteiger partial charge >= 0.3 is 0 Å². The maximum absolute atomic E-state index is 13.2. The molecule has 0 radical (unpaired) electrons. The molecular weight excluding hydrogens is 402 g/mol. The van der Waals surface area contributed by atoms with Gasteiger partial charge in [-0.15, -0.1) is 0 Å². The van der Waals surface area contributed by atoms with Crippen LogP contribution in [0.25, 0.3) is 0 Å². The van der Waals surface area contributed by atoms with Gasteiger partial charge in [-0.1, -0.05) is 6.07 Å². The average Bonchev–Trinajstić information content (AvgIpc) is 3.08. The van der Waals surface area contributed by atoms with Gasteiger partial charge in [0.1, 0.15) is 5.82 Å². The van der Waals surface area contributed by atoms with E-state index in [0.717, 1.165) is 56.1 Å². The Kier molecular flexibility index (Phi) is 4.79. The van der Waals surface area contributed by atoms with Gasteiger partial charge in [0.05, 0.1) is 23.2 Å². The number of hydrogen-bond acceptors (Lipinski definition) is 6. The lowest BCUT2D eigenvalue weighted by molar-refractivity contribution is 0.0969. The second-order valence-corrected chi connectivity index (χ2v) is 10.9. The number of piperidine rings is 1. The van der Waals surface area contributed by atoms with E-state index in [0.29, 0.717) is 25.1 Å².